The fraction of sp³-hybridized carbons (Fsp3) is 0.421. The summed E-state index contributed by atoms with van der Waals surface area (Å²) in [6.07, 6.45) is 1.33. The highest BCUT2D eigenvalue weighted by atomic mass is 35.5. The normalized spacial score (nSPS) is 17.4. The maximum atomic E-state index is 12.6. The van der Waals surface area contributed by atoms with Crippen LogP contribution in [0.5, 0.6) is 0 Å². The van der Waals surface area contributed by atoms with Crippen LogP contribution in [0, 0.1) is 6.92 Å². The van der Waals surface area contributed by atoms with Gasteiger partial charge in [0.05, 0.1) is 6.04 Å². The number of halogens is 1. The van der Waals surface area contributed by atoms with E-state index >= 15 is 0 Å². The van der Waals surface area contributed by atoms with Crippen LogP contribution in [-0.2, 0) is 14.8 Å². The maximum absolute atomic E-state index is 12.6. The number of piperidine rings is 1. The summed E-state index contributed by atoms with van der Waals surface area (Å²) in [6, 6.07) is 8.30. The van der Waals surface area contributed by atoms with Crippen LogP contribution in [-0.4, -0.2) is 44.4 Å². The third-order valence-electron chi connectivity index (χ3n) is 5.00. The molecular weight excluding hydrogens is 418 g/mol. The number of hydrogen-bond acceptors (Lipinski definition) is 5. The van der Waals surface area contributed by atoms with Crippen LogP contribution in [0.25, 0.3) is 0 Å². The fourth-order valence-electron chi connectivity index (χ4n) is 3.23. The summed E-state index contributed by atoms with van der Waals surface area (Å²) in [5, 5.41) is 5.27. The SMILES string of the molecule is Cc1ccc(Cl)cc1NC(=O)[C@@H](C)N1CCC(NS(=O)(=O)c2cccs2)CC1. The number of rotatable bonds is 6. The molecule has 0 unspecified atom stereocenters. The van der Waals surface area contributed by atoms with E-state index < -0.39 is 10.0 Å². The molecule has 1 aromatic heterocycles. The Morgan fingerprint density at radius 1 is 1.29 bits per heavy atom. The summed E-state index contributed by atoms with van der Waals surface area (Å²) in [5.41, 5.74) is 1.66. The second kappa shape index (κ2) is 8.92. The zero-order chi connectivity index (χ0) is 20.3. The van der Waals surface area contributed by atoms with Crippen molar-refractivity contribution in [3.63, 3.8) is 0 Å². The largest absolute Gasteiger partial charge is 0.324 e. The van der Waals surface area contributed by atoms with Crippen molar-refractivity contribution in [2.75, 3.05) is 18.4 Å². The molecule has 2 aromatic rings. The number of thiophene rings is 1. The number of carbonyl (C=O) groups excluding carboxylic acids is 1. The number of likely N-dealkylation sites (tertiary alicyclic amines) is 1. The molecular formula is C19H24ClN3O3S2. The molecule has 2 heterocycles. The van der Waals surface area contributed by atoms with Crippen molar-refractivity contribution in [3.8, 4) is 0 Å². The third kappa shape index (κ3) is 5.12. The van der Waals surface area contributed by atoms with E-state index in [-0.39, 0.29) is 18.0 Å². The summed E-state index contributed by atoms with van der Waals surface area (Å²) < 4.78 is 27.8. The molecule has 1 atom stereocenters. The van der Waals surface area contributed by atoms with Crippen LogP contribution in [0.1, 0.15) is 25.3 Å². The topological polar surface area (TPSA) is 78.5 Å². The van der Waals surface area contributed by atoms with Crippen LogP contribution in [0.2, 0.25) is 5.02 Å². The van der Waals surface area contributed by atoms with Gasteiger partial charge in [0, 0.05) is 29.8 Å². The van der Waals surface area contributed by atoms with Gasteiger partial charge in [-0.25, -0.2) is 13.1 Å². The van der Waals surface area contributed by atoms with Gasteiger partial charge in [-0.15, -0.1) is 11.3 Å². The first-order chi connectivity index (χ1) is 13.3. The van der Waals surface area contributed by atoms with Crippen molar-refractivity contribution in [1.29, 1.82) is 0 Å². The first-order valence-corrected chi connectivity index (χ1v) is 11.9. The van der Waals surface area contributed by atoms with Crippen LogP contribution < -0.4 is 10.0 Å². The van der Waals surface area contributed by atoms with E-state index in [1.165, 1.54) is 11.3 Å². The quantitative estimate of drug-likeness (QED) is 0.719. The van der Waals surface area contributed by atoms with E-state index in [9.17, 15) is 13.2 Å². The number of amides is 1. The zero-order valence-electron chi connectivity index (χ0n) is 15.8. The number of carbonyl (C=O) groups is 1. The second-order valence-corrected chi connectivity index (χ2v) is 10.3. The van der Waals surface area contributed by atoms with E-state index in [4.69, 9.17) is 11.6 Å². The fourth-order valence-corrected chi connectivity index (χ4v) is 5.72. The summed E-state index contributed by atoms with van der Waals surface area (Å²) >= 11 is 7.22. The molecule has 0 spiro atoms. The van der Waals surface area contributed by atoms with Crippen molar-refractivity contribution in [3.05, 3.63) is 46.3 Å². The Kier molecular flexibility index (Phi) is 6.77. The zero-order valence-corrected chi connectivity index (χ0v) is 18.2. The molecule has 1 fully saturated rings. The van der Waals surface area contributed by atoms with Gasteiger partial charge in [0.1, 0.15) is 4.21 Å². The summed E-state index contributed by atoms with van der Waals surface area (Å²) in [4.78, 5) is 14.7. The molecule has 1 aliphatic heterocycles. The lowest BCUT2D eigenvalue weighted by Gasteiger charge is -2.35. The van der Waals surface area contributed by atoms with Gasteiger partial charge in [-0.2, -0.15) is 0 Å². The molecule has 0 saturated carbocycles. The van der Waals surface area contributed by atoms with Crippen molar-refractivity contribution in [2.24, 2.45) is 0 Å². The number of sulfonamides is 1. The van der Waals surface area contributed by atoms with Crippen LogP contribution in [0.3, 0.4) is 0 Å². The minimum Gasteiger partial charge on any atom is -0.324 e. The lowest BCUT2D eigenvalue weighted by atomic mass is 10.0. The highest BCUT2D eigenvalue weighted by molar-refractivity contribution is 7.91. The van der Waals surface area contributed by atoms with Crippen LogP contribution in [0.15, 0.2) is 39.9 Å². The van der Waals surface area contributed by atoms with Gasteiger partial charge < -0.3 is 5.32 Å². The van der Waals surface area contributed by atoms with Gasteiger partial charge >= 0.3 is 0 Å². The second-order valence-electron chi connectivity index (χ2n) is 6.99. The molecule has 0 radical (unpaired) electrons. The third-order valence-corrected chi connectivity index (χ3v) is 8.15. The number of aryl methyl sites for hydroxylation is 1. The van der Waals surface area contributed by atoms with Gasteiger partial charge in [0.15, 0.2) is 0 Å². The van der Waals surface area contributed by atoms with Crippen LogP contribution in [0.4, 0.5) is 5.69 Å². The van der Waals surface area contributed by atoms with E-state index in [0.29, 0.717) is 40.9 Å². The van der Waals surface area contributed by atoms with Gasteiger partial charge in [-0.05, 0) is 55.8 Å². The lowest BCUT2D eigenvalue weighted by molar-refractivity contribution is -0.121. The van der Waals surface area contributed by atoms with E-state index in [1.54, 1.807) is 29.6 Å². The predicted octanol–water partition coefficient (Wildman–Crippen LogP) is 3.48. The summed E-state index contributed by atoms with van der Waals surface area (Å²) in [7, 11) is -3.46. The Balaban J connectivity index is 1.54. The summed E-state index contributed by atoms with van der Waals surface area (Å²) in [5.74, 6) is -0.0945. The number of anilines is 1. The number of nitrogens with one attached hydrogen (secondary N) is 2. The van der Waals surface area contributed by atoms with Crippen molar-refractivity contribution in [2.45, 2.75) is 43.0 Å². The molecule has 1 aliphatic rings. The van der Waals surface area contributed by atoms with Gasteiger partial charge in [0.2, 0.25) is 15.9 Å². The molecule has 2 N–H and O–H groups in total. The average Bonchev–Trinajstić information content (AvgIpc) is 3.20. The monoisotopic (exact) mass is 441 g/mol. The highest BCUT2D eigenvalue weighted by Gasteiger charge is 2.29. The standard InChI is InChI=1S/C19H24ClN3O3S2/c1-13-5-6-15(20)12-17(13)21-19(24)14(2)23-9-7-16(8-10-23)22-28(25,26)18-4-3-11-27-18/h3-6,11-12,14,16,22H,7-10H2,1-2H3,(H,21,24)/t14-/m1/s1. The molecule has 0 bridgehead atoms. The Morgan fingerprint density at radius 3 is 2.64 bits per heavy atom. The smallest absolute Gasteiger partial charge is 0.250 e. The van der Waals surface area contributed by atoms with Crippen molar-refractivity contribution in [1.82, 2.24) is 9.62 Å². The van der Waals surface area contributed by atoms with Gasteiger partial charge in [0.25, 0.3) is 0 Å². The van der Waals surface area contributed by atoms with E-state index in [1.807, 2.05) is 19.9 Å². The number of benzene rings is 1. The van der Waals surface area contributed by atoms with Crippen molar-refractivity contribution >= 4 is 44.6 Å². The molecule has 1 aromatic carbocycles. The first kappa shape index (κ1) is 21.3. The molecule has 28 heavy (non-hydrogen) atoms. The Bertz CT molecular complexity index is 924. The number of hydrogen-bond donors (Lipinski definition) is 2. The molecule has 152 valence electrons. The molecule has 6 nitrogen and oxygen atoms in total. The minimum absolute atomic E-state index is 0.0945. The summed E-state index contributed by atoms with van der Waals surface area (Å²) in [6.45, 7) is 5.09. The molecule has 1 saturated heterocycles. The van der Waals surface area contributed by atoms with Gasteiger partial charge in [-0.1, -0.05) is 23.7 Å². The first-order valence-electron chi connectivity index (χ1n) is 9.13. The molecule has 1 amide bonds. The van der Waals surface area contributed by atoms with E-state index in [2.05, 4.69) is 14.9 Å². The molecule has 9 heteroatoms. The minimum atomic E-state index is -3.46. The van der Waals surface area contributed by atoms with Gasteiger partial charge in [-0.3, -0.25) is 9.69 Å². The van der Waals surface area contributed by atoms with Crippen molar-refractivity contribution < 1.29 is 13.2 Å². The highest BCUT2D eigenvalue weighted by Crippen LogP contribution is 2.22. The molecule has 0 aliphatic carbocycles. The lowest BCUT2D eigenvalue weighted by Crippen LogP contribution is -2.50. The maximum Gasteiger partial charge on any atom is 0.250 e. The Labute approximate surface area is 174 Å². The Morgan fingerprint density at radius 2 is 2.00 bits per heavy atom. The Hall–Kier alpha value is -1.45. The average molecular weight is 442 g/mol. The predicted molar refractivity (Wildman–Crippen MR) is 114 cm³/mol. The number of nitrogens with zero attached hydrogens (tertiary/aromatic N) is 1. The molecule has 3 rings (SSSR count). The van der Waals surface area contributed by atoms with E-state index in [0.717, 1.165) is 5.56 Å². The van der Waals surface area contributed by atoms with Crippen LogP contribution >= 0.6 is 22.9 Å².